The molecule has 12 heteroatoms. The van der Waals surface area contributed by atoms with E-state index in [2.05, 4.69) is 0 Å². The molecule has 0 saturated carbocycles. The minimum atomic E-state index is -1.70. The van der Waals surface area contributed by atoms with Crippen molar-refractivity contribution < 1.29 is 54.7 Å². The van der Waals surface area contributed by atoms with Crippen LogP contribution in [-0.2, 0) is 18.9 Å². The highest BCUT2D eigenvalue weighted by Crippen LogP contribution is 2.28. The second kappa shape index (κ2) is 10.9. The SMILES string of the molecule is N#C[C@H](O[C@@H]1O[C@@H](CO[C@@H]2O[C@@H](CO)[C@@H](O)[C@@H](O)[C@H]2O)[C@@H](O)[C@@H](O)[C@H]1O)c1ccccc1. The topological polar surface area (TPSA) is 202 Å². The van der Waals surface area contributed by atoms with E-state index in [-0.39, 0.29) is 0 Å². The number of aliphatic hydroxyl groups is 7. The van der Waals surface area contributed by atoms with Crippen molar-refractivity contribution in [2.45, 2.75) is 67.5 Å². The van der Waals surface area contributed by atoms with Gasteiger partial charge in [-0.25, -0.2) is 0 Å². The van der Waals surface area contributed by atoms with Crippen molar-refractivity contribution in [3.05, 3.63) is 35.9 Å². The largest absolute Gasteiger partial charge is 0.394 e. The van der Waals surface area contributed by atoms with Gasteiger partial charge in [-0.05, 0) is 5.56 Å². The molecular formula is C20H27NO11. The second-order valence-electron chi connectivity index (χ2n) is 7.60. The Morgan fingerprint density at radius 3 is 1.97 bits per heavy atom. The van der Waals surface area contributed by atoms with Crippen LogP contribution in [-0.4, -0.2) is 110 Å². The van der Waals surface area contributed by atoms with E-state index in [4.69, 9.17) is 18.9 Å². The number of hydrogen-bond donors (Lipinski definition) is 7. The van der Waals surface area contributed by atoms with E-state index in [0.717, 1.165) is 0 Å². The van der Waals surface area contributed by atoms with E-state index in [0.29, 0.717) is 5.56 Å². The molecule has 2 aliphatic rings. The van der Waals surface area contributed by atoms with Gasteiger partial charge in [0, 0.05) is 0 Å². The van der Waals surface area contributed by atoms with Crippen LogP contribution >= 0.6 is 0 Å². The zero-order valence-corrected chi connectivity index (χ0v) is 16.9. The fourth-order valence-corrected chi connectivity index (χ4v) is 3.51. The third-order valence-corrected chi connectivity index (χ3v) is 5.43. The van der Waals surface area contributed by atoms with Crippen LogP contribution in [0.5, 0.6) is 0 Å². The number of nitrogens with zero attached hydrogens (tertiary/aromatic N) is 1. The molecule has 2 heterocycles. The molecule has 3 rings (SSSR count). The smallest absolute Gasteiger partial charge is 0.188 e. The molecule has 178 valence electrons. The van der Waals surface area contributed by atoms with E-state index >= 15 is 0 Å². The molecule has 2 saturated heterocycles. The second-order valence-corrected chi connectivity index (χ2v) is 7.60. The van der Waals surface area contributed by atoms with Gasteiger partial charge in [-0.1, -0.05) is 30.3 Å². The van der Waals surface area contributed by atoms with Crippen LogP contribution in [0.2, 0.25) is 0 Å². The van der Waals surface area contributed by atoms with Crippen LogP contribution in [0.4, 0.5) is 0 Å². The first-order valence-corrected chi connectivity index (χ1v) is 10.00. The lowest BCUT2D eigenvalue weighted by Gasteiger charge is -2.43. The predicted molar refractivity (Wildman–Crippen MR) is 102 cm³/mol. The Morgan fingerprint density at radius 1 is 0.812 bits per heavy atom. The normalized spacial score (nSPS) is 41.1. The van der Waals surface area contributed by atoms with Crippen LogP contribution in [0.15, 0.2) is 30.3 Å². The minimum absolute atomic E-state index is 0.487. The van der Waals surface area contributed by atoms with Gasteiger partial charge in [0.15, 0.2) is 18.7 Å². The number of ether oxygens (including phenoxy) is 4. The molecule has 0 bridgehead atoms. The summed E-state index contributed by atoms with van der Waals surface area (Å²) in [5.41, 5.74) is 0.487. The third kappa shape index (κ3) is 5.25. The van der Waals surface area contributed by atoms with E-state index in [1.165, 1.54) is 0 Å². The van der Waals surface area contributed by atoms with Crippen molar-refractivity contribution >= 4 is 0 Å². The van der Waals surface area contributed by atoms with Crippen LogP contribution in [0.3, 0.4) is 0 Å². The summed E-state index contributed by atoms with van der Waals surface area (Å²) in [6, 6.07) is 10.3. The highest BCUT2D eigenvalue weighted by Gasteiger charge is 2.48. The van der Waals surface area contributed by atoms with Gasteiger partial charge < -0.3 is 54.7 Å². The molecule has 11 atom stereocenters. The lowest BCUT2D eigenvalue weighted by molar-refractivity contribution is -0.334. The Kier molecular flexibility index (Phi) is 8.50. The average molecular weight is 457 g/mol. The van der Waals surface area contributed by atoms with E-state index in [9.17, 15) is 41.0 Å². The van der Waals surface area contributed by atoms with Gasteiger partial charge in [0.1, 0.15) is 48.8 Å². The Bertz CT molecular complexity index is 760. The number of rotatable bonds is 7. The summed E-state index contributed by atoms with van der Waals surface area (Å²) in [4.78, 5) is 0. The maximum atomic E-state index is 10.3. The van der Waals surface area contributed by atoms with Crippen LogP contribution in [0.1, 0.15) is 11.7 Å². The number of hydrogen-bond acceptors (Lipinski definition) is 12. The number of nitriles is 1. The van der Waals surface area contributed by atoms with Crippen molar-refractivity contribution in [2.75, 3.05) is 13.2 Å². The third-order valence-electron chi connectivity index (χ3n) is 5.43. The molecular weight excluding hydrogens is 430 g/mol. The predicted octanol–water partition coefficient (Wildman–Crippen LogP) is -3.11. The van der Waals surface area contributed by atoms with Gasteiger partial charge in [-0.15, -0.1) is 0 Å². The summed E-state index contributed by atoms with van der Waals surface area (Å²) in [5, 5.41) is 79.1. The molecule has 2 aliphatic heterocycles. The highest BCUT2D eigenvalue weighted by molar-refractivity contribution is 5.22. The number of benzene rings is 1. The molecule has 12 nitrogen and oxygen atoms in total. The fourth-order valence-electron chi connectivity index (χ4n) is 3.51. The first-order valence-electron chi connectivity index (χ1n) is 10.00. The summed E-state index contributed by atoms with van der Waals surface area (Å²) in [6.07, 6.45) is -16.5. The molecule has 0 spiro atoms. The summed E-state index contributed by atoms with van der Waals surface area (Å²) in [5.74, 6) is 0. The van der Waals surface area contributed by atoms with Crippen LogP contribution in [0.25, 0.3) is 0 Å². The quantitative estimate of drug-likeness (QED) is 0.218. The van der Waals surface area contributed by atoms with Gasteiger partial charge in [0.25, 0.3) is 0 Å². The Morgan fingerprint density at radius 2 is 1.38 bits per heavy atom. The van der Waals surface area contributed by atoms with Crippen LogP contribution < -0.4 is 0 Å². The van der Waals surface area contributed by atoms with Crippen molar-refractivity contribution in [2.24, 2.45) is 0 Å². The monoisotopic (exact) mass is 457 g/mol. The molecule has 2 fully saturated rings. The molecule has 1 aromatic carbocycles. The molecule has 0 aromatic heterocycles. The summed E-state index contributed by atoms with van der Waals surface area (Å²) in [6.45, 7) is -1.14. The first-order chi connectivity index (χ1) is 15.3. The zero-order valence-electron chi connectivity index (χ0n) is 16.9. The lowest BCUT2D eigenvalue weighted by atomic mass is 9.98. The molecule has 1 aromatic rings. The minimum Gasteiger partial charge on any atom is -0.394 e. The summed E-state index contributed by atoms with van der Waals surface area (Å²) < 4.78 is 21.6. The number of aliphatic hydroxyl groups excluding tert-OH is 7. The van der Waals surface area contributed by atoms with Gasteiger partial charge >= 0.3 is 0 Å². The van der Waals surface area contributed by atoms with E-state index in [1.807, 2.05) is 6.07 Å². The van der Waals surface area contributed by atoms with Crippen molar-refractivity contribution in [3.63, 3.8) is 0 Å². The van der Waals surface area contributed by atoms with Crippen molar-refractivity contribution in [1.29, 1.82) is 5.26 Å². The maximum absolute atomic E-state index is 10.3. The maximum Gasteiger partial charge on any atom is 0.188 e. The van der Waals surface area contributed by atoms with Crippen molar-refractivity contribution in [3.8, 4) is 6.07 Å². The van der Waals surface area contributed by atoms with Gasteiger partial charge in [0.2, 0.25) is 0 Å². The fraction of sp³-hybridized carbons (Fsp3) is 0.650. The van der Waals surface area contributed by atoms with E-state index in [1.54, 1.807) is 30.3 Å². The molecule has 7 N–H and O–H groups in total. The van der Waals surface area contributed by atoms with Crippen molar-refractivity contribution in [1.82, 2.24) is 0 Å². The molecule has 0 amide bonds. The Hall–Kier alpha value is -1.73. The lowest BCUT2D eigenvalue weighted by Crippen LogP contribution is -2.61. The summed E-state index contributed by atoms with van der Waals surface area (Å²) in [7, 11) is 0. The van der Waals surface area contributed by atoms with Gasteiger partial charge in [-0.2, -0.15) is 5.26 Å². The van der Waals surface area contributed by atoms with Gasteiger partial charge in [0.05, 0.1) is 19.3 Å². The van der Waals surface area contributed by atoms with Crippen LogP contribution in [0, 0.1) is 11.3 Å². The Labute approximate surface area is 183 Å². The highest BCUT2D eigenvalue weighted by atomic mass is 16.7. The Balaban J connectivity index is 1.65. The molecule has 0 radical (unpaired) electrons. The van der Waals surface area contributed by atoms with E-state index < -0.39 is 80.7 Å². The molecule has 0 aliphatic carbocycles. The molecule has 0 unspecified atom stereocenters. The standard InChI is InChI=1S/C20H27NO11/c21-6-10(9-4-2-1-3-5-9)30-20-18(28)16(26)14(24)12(32-20)8-29-19-17(27)15(25)13(23)11(7-22)31-19/h1-5,10-20,22-28H,7-8H2/t10-,11-,12-,13+,14+,15+,16+,17+,18+,19+,20+/m0/s1. The molecule has 32 heavy (non-hydrogen) atoms. The average Bonchev–Trinajstić information content (AvgIpc) is 2.81. The first kappa shape index (κ1) is 24.9. The summed E-state index contributed by atoms with van der Waals surface area (Å²) >= 11 is 0. The van der Waals surface area contributed by atoms with Gasteiger partial charge in [-0.3, -0.25) is 0 Å². The zero-order chi connectivity index (χ0) is 23.4.